The maximum atomic E-state index is 12.7. The molecule has 1 aromatic carbocycles. The molecule has 0 unspecified atom stereocenters. The number of piperazine rings is 1. The van der Waals surface area contributed by atoms with Gasteiger partial charge in [-0.05, 0) is 58.6 Å². The van der Waals surface area contributed by atoms with Gasteiger partial charge in [0.05, 0.1) is 29.1 Å². The number of nitriles is 1. The number of aromatic nitrogens is 2. The molecule has 38 heavy (non-hydrogen) atoms. The fourth-order valence-electron chi connectivity index (χ4n) is 4.48. The number of rotatable bonds is 5. The first-order valence-electron chi connectivity index (χ1n) is 12.8. The van der Waals surface area contributed by atoms with Gasteiger partial charge in [0.1, 0.15) is 28.9 Å². The number of nitrogens with one attached hydrogen (secondary N) is 1. The maximum absolute atomic E-state index is 12.7. The second-order valence-electron chi connectivity index (χ2n) is 10.5. The smallest absolute Gasteiger partial charge is 0.410 e. The fraction of sp³-hybridized carbons (Fsp3) is 0.519. The molecule has 2 aliphatic rings. The Bertz CT molecular complexity index is 1180. The van der Waals surface area contributed by atoms with E-state index < -0.39 is 5.60 Å². The summed E-state index contributed by atoms with van der Waals surface area (Å²) in [4.78, 5) is 37.5. The summed E-state index contributed by atoms with van der Waals surface area (Å²) in [7, 11) is 0. The quantitative estimate of drug-likeness (QED) is 0.599. The summed E-state index contributed by atoms with van der Waals surface area (Å²) in [6.45, 7) is 7.84. The van der Waals surface area contributed by atoms with E-state index in [1.54, 1.807) is 29.3 Å². The number of anilines is 1. The third-order valence-corrected chi connectivity index (χ3v) is 6.81. The van der Waals surface area contributed by atoms with Crippen molar-refractivity contribution in [3.05, 3.63) is 46.9 Å². The van der Waals surface area contributed by atoms with Crippen LogP contribution >= 0.6 is 11.6 Å². The highest BCUT2D eigenvalue weighted by atomic mass is 35.5. The van der Waals surface area contributed by atoms with Crippen molar-refractivity contribution in [2.75, 3.05) is 31.1 Å². The van der Waals surface area contributed by atoms with Crippen LogP contribution in [0.25, 0.3) is 0 Å². The predicted octanol–water partition coefficient (Wildman–Crippen LogP) is 4.18. The van der Waals surface area contributed by atoms with E-state index >= 15 is 0 Å². The molecule has 1 N–H and O–H groups in total. The molecule has 0 radical (unpaired) electrons. The van der Waals surface area contributed by atoms with Gasteiger partial charge in [0, 0.05) is 38.3 Å². The van der Waals surface area contributed by atoms with Crippen molar-refractivity contribution in [2.24, 2.45) is 0 Å². The van der Waals surface area contributed by atoms with Crippen molar-refractivity contribution >= 4 is 29.4 Å². The van der Waals surface area contributed by atoms with Crippen molar-refractivity contribution in [1.82, 2.24) is 20.2 Å². The molecule has 1 saturated heterocycles. The number of ether oxygens (including phenoxy) is 2. The third-order valence-electron chi connectivity index (χ3n) is 6.50. The van der Waals surface area contributed by atoms with E-state index in [-0.39, 0.29) is 29.8 Å². The minimum atomic E-state index is -0.524. The van der Waals surface area contributed by atoms with Crippen molar-refractivity contribution in [2.45, 2.75) is 64.2 Å². The molecule has 10 nitrogen and oxygen atoms in total. The van der Waals surface area contributed by atoms with Gasteiger partial charge >= 0.3 is 6.09 Å². The average molecular weight is 541 g/mol. The van der Waals surface area contributed by atoms with Crippen molar-refractivity contribution < 1.29 is 19.1 Å². The maximum Gasteiger partial charge on any atom is 0.410 e. The van der Waals surface area contributed by atoms with E-state index in [2.05, 4.69) is 15.3 Å². The lowest BCUT2D eigenvalue weighted by Gasteiger charge is -2.36. The molecular formula is C27H33ClN6O4. The normalized spacial score (nSPS) is 19.9. The zero-order chi connectivity index (χ0) is 27.3. The van der Waals surface area contributed by atoms with Gasteiger partial charge in [0.2, 0.25) is 0 Å². The Morgan fingerprint density at radius 2 is 1.79 bits per heavy atom. The molecule has 1 saturated carbocycles. The molecule has 1 aliphatic heterocycles. The summed E-state index contributed by atoms with van der Waals surface area (Å²) >= 11 is 6.09. The number of nitrogens with zero attached hydrogens (tertiary/aromatic N) is 5. The molecule has 0 atom stereocenters. The van der Waals surface area contributed by atoms with Crippen LogP contribution in [0.15, 0.2) is 30.6 Å². The van der Waals surface area contributed by atoms with Gasteiger partial charge < -0.3 is 24.6 Å². The number of hydrogen-bond acceptors (Lipinski definition) is 8. The summed E-state index contributed by atoms with van der Waals surface area (Å²) in [6.07, 6.45) is 5.98. The number of carbonyl (C=O) groups excluding carboxylic acids is 2. The van der Waals surface area contributed by atoms with Crippen LogP contribution in [0.4, 0.5) is 10.6 Å². The summed E-state index contributed by atoms with van der Waals surface area (Å²) < 4.78 is 11.5. The molecule has 0 bridgehead atoms. The van der Waals surface area contributed by atoms with Crippen LogP contribution < -0.4 is 15.0 Å². The molecule has 2 heterocycles. The Balaban J connectivity index is 1.21. The number of amides is 2. The van der Waals surface area contributed by atoms with E-state index in [1.165, 1.54) is 6.20 Å². The molecule has 202 valence electrons. The fourth-order valence-corrected chi connectivity index (χ4v) is 4.70. The topological polar surface area (TPSA) is 121 Å². The Morgan fingerprint density at radius 3 is 2.37 bits per heavy atom. The van der Waals surface area contributed by atoms with Gasteiger partial charge in [0.25, 0.3) is 5.91 Å². The molecule has 4 rings (SSSR count). The molecular weight excluding hydrogens is 508 g/mol. The van der Waals surface area contributed by atoms with Crippen LogP contribution in [0.2, 0.25) is 5.02 Å². The molecule has 1 aliphatic carbocycles. The molecule has 2 fully saturated rings. The van der Waals surface area contributed by atoms with E-state index in [4.69, 9.17) is 26.3 Å². The largest absolute Gasteiger partial charge is 0.490 e. The molecule has 0 spiro atoms. The Hall–Kier alpha value is -3.58. The molecule has 11 heteroatoms. The van der Waals surface area contributed by atoms with Gasteiger partial charge in [-0.3, -0.25) is 4.79 Å². The first kappa shape index (κ1) is 27.5. The van der Waals surface area contributed by atoms with Gasteiger partial charge in [0.15, 0.2) is 0 Å². The summed E-state index contributed by atoms with van der Waals surface area (Å²) in [5.41, 5.74) is 0.165. The average Bonchev–Trinajstić information content (AvgIpc) is 2.89. The highest BCUT2D eigenvalue weighted by Crippen LogP contribution is 2.27. The predicted molar refractivity (Wildman–Crippen MR) is 142 cm³/mol. The second kappa shape index (κ2) is 11.9. The molecule has 2 aromatic rings. The van der Waals surface area contributed by atoms with Gasteiger partial charge in [-0.1, -0.05) is 11.6 Å². The highest BCUT2D eigenvalue weighted by molar-refractivity contribution is 6.31. The van der Waals surface area contributed by atoms with Crippen LogP contribution in [0, 0.1) is 11.3 Å². The van der Waals surface area contributed by atoms with Gasteiger partial charge in [-0.15, -0.1) is 0 Å². The van der Waals surface area contributed by atoms with E-state index in [0.717, 1.165) is 25.7 Å². The van der Waals surface area contributed by atoms with Crippen LogP contribution in [0.5, 0.6) is 5.75 Å². The lowest BCUT2D eigenvalue weighted by atomic mass is 9.93. The van der Waals surface area contributed by atoms with Crippen LogP contribution in [-0.4, -0.2) is 70.8 Å². The van der Waals surface area contributed by atoms with Crippen LogP contribution in [-0.2, 0) is 4.74 Å². The standard InChI is InChI=1S/C27H33ClN6O4/c1-27(2,3)38-26(36)34-12-10-33(11-13-34)24-17-30-23(16-31-24)25(35)32-19-5-8-20(9-6-19)37-21-7-4-18(15-29)22(28)14-21/h4,7,14,16-17,19-20H,5-6,8-13H2,1-3H3,(H,32,35)/t19-,20-. The number of halogens is 1. The molecule has 1 aromatic heterocycles. The summed E-state index contributed by atoms with van der Waals surface area (Å²) in [6, 6.07) is 7.14. The second-order valence-corrected chi connectivity index (χ2v) is 10.9. The van der Waals surface area contributed by atoms with Crippen molar-refractivity contribution in [3.63, 3.8) is 0 Å². The minimum absolute atomic E-state index is 0.0296. The zero-order valence-electron chi connectivity index (χ0n) is 21.9. The molecule has 2 amide bonds. The van der Waals surface area contributed by atoms with Crippen molar-refractivity contribution in [1.29, 1.82) is 5.26 Å². The van der Waals surface area contributed by atoms with Crippen LogP contribution in [0.1, 0.15) is 62.5 Å². The zero-order valence-corrected chi connectivity index (χ0v) is 22.7. The van der Waals surface area contributed by atoms with Crippen LogP contribution in [0.3, 0.4) is 0 Å². The summed E-state index contributed by atoms with van der Waals surface area (Å²) in [5, 5.41) is 12.4. The van der Waals surface area contributed by atoms with E-state index in [0.29, 0.717) is 48.3 Å². The third kappa shape index (κ3) is 7.25. The highest BCUT2D eigenvalue weighted by Gasteiger charge is 2.27. The SMILES string of the molecule is CC(C)(C)OC(=O)N1CCN(c2cnc(C(=O)N[C@H]3CC[C@H](Oc4ccc(C#N)c(Cl)c4)CC3)cn2)CC1. The monoisotopic (exact) mass is 540 g/mol. The van der Waals surface area contributed by atoms with Gasteiger partial charge in [-0.2, -0.15) is 5.26 Å². The summed E-state index contributed by atoms with van der Waals surface area (Å²) in [5.74, 6) is 1.07. The lowest BCUT2D eigenvalue weighted by molar-refractivity contribution is 0.0240. The number of carbonyl (C=O) groups is 2. The Labute approximate surface area is 227 Å². The first-order chi connectivity index (χ1) is 18.1. The lowest BCUT2D eigenvalue weighted by Crippen LogP contribution is -2.50. The minimum Gasteiger partial charge on any atom is -0.490 e. The van der Waals surface area contributed by atoms with Gasteiger partial charge in [-0.25, -0.2) is 14.8 Å². The van der Waals surface area contributed by atoms with Crippen molar-refractivity contribution in [3.8, 4) is 11.8 Å². The van der Waals surface area contributed by atoms with E-state index in [1.807, 2.05) is 31.7 Å². The Morgan fingerprint density at radius 1 is 1.08 bits per heavy atom. The van der Waals surface area contributed by atoms with E-state index in [9.17, 15) is 9.59 Å². The number of benzene rings is 1. The first-order valence-corrected chi connectivity index (χ1v) is 13.2. The number of hydrogen-bond donors (Lipinski definition) is 1. The Kier molecular flexibility index (Phi) is 8.57.